The fraction of sp³-hybridized carbons (Fsp3) is 0.622. The van der Waals surface area contributed by atoms with E-state index in [0.717, 1.165) is 30.4 Å². The SMILES string of the molecule is CN(C)c1cc(B2OC(C)(C)C(C)(C)O2)cc(C(=O)O)c1.COc1c(Br)cc(F)cc1CN1O[C@@H](CO)[C@@H]([C@H](C)O)[C@H]1C(=O)N[C@H]1C[C@H]2C[C@@H]([C@@H]1C)C2(C)C.COc1c(CN2O[C@@H](CO)[C@@H]([C@H](C)O)[C@H]2C(=O)N[C@H]2C[C@H]3C[C@@H]([C@@H]2C)C3(C)C)cc(F)cc1-c1cc(C(=O)O)cc(N(C)C)c1. The van der Waals surface area contributed by atoms with E-state index in [9.17, 15) is 54.2 Å². The molecule has 3 heterocycles. The number of amides is 2. The molecule has 3 saturated heterocycles. The van der Waals surface area contributed by atoms with Crippen molar-refractivity contribution in [3.8, 4) is 22.6 Å². The fourth-order valence-electron chi connectivity index (χ4n) is 16.8. The predicted molar refractivity (Wildman–Crippen MR) is 379 cm³/mol. The van der Waals surface area contributed by atoms with Crippen LogP contribution in [0.1, 0.15) is 141 Å². The monoisotopic (exact) mass is 1460 g/mol. The number of carbonyl (C=O) groups is 4. The van der Waals surface area contributed by atoms with Crippen LogP contribution in [0, 0.1) is 69.8 Å². The number of fused-ring (bicyclic) bond motifs is 4. The Morgan fingerprint density at radius 1 is 0.620 bits per heavy atom. The number of nitrogens with zero attached hydrogens (tertiary/aromatic N) is 4. The summed E-state index contributed by atoms with van der Waals surface area (Å²) in [5.41, 5.74) is 3.67. The zero-order valence-electron chi connectivity index (χ0n) is 60.9. The number of nitrogens with one attached hydrogen (secondary N) is 2. The van der Waals surface area contributed by atoms with Gasteiger partial charge in [-0.1, -0.05) is 41.5 Å². The molecule has 9 aliphatic rings. The first kappa shape index (κ1) is 78.1. The molecule has 0 aromatic heterocycles. The van der Waals surface area contributed by atoms with Crippen LogP contribution in [0.15, 0.2) is 65.1 Å². The van der Waals surface area contributed by atoms with Gasteiger partial charge in [-0.2, -0.15) is 10.1 Å². The minimum Gasteiger partial charge on any atom is -0.496 e. The van der Waals surface area contributed by atoms with Crippen LogP contribution in [0.25, 0.3) is 11.1 Å². The number of carbonyl (C=O) groups excluding carboxylic acids is 2. The summed E-state index contributed by atoms with van der Waals surface area (Å²) in [5, 5.41) is 69.8. The van der Waals surface area contributed by atoms with E-state index in [1.807, 2.05) is 52.8 Å². The summed E-state index contributed by atoms with van der Waals surface area (Å²) in [6.45, 7) is 23.8. The summed E-state index contributed by atoms with van der Waals surface area (Å²) in [4.78, 5) is 66.6. The number of ether oxygens (including phenoxy) is 2. The molecule has 9 fully saturated rings. The Morgan fingerprint density at radius 3 is 1.41 bits per heavy atom. The van der Waals surface area contributed by atoms with Gasteiger partial charge in [0.2, 0.25) is 11.8 Å². The molecule has 0 unspecified atom stereocenters. The highest BCUT2D eigenvalue weighted by atomic mass is 79.9. The quantitative estimate of drug-likeness (QED) is 0.0383. The van der Waals surface area contributed by atoms with E-state index < -0.39 is 96.8 Å². The molecule has 16 atom stereocenters. The van der Waals surface area contributed by atoms with E-state index >= 15 is 4.39 Å². The van der Waals surface area contributed by atoms with Gasteiger partial charge in [0.15, 0.2) is 0 Å². The average molecular weight is 1460 g/mol. The van der Waals surface area contributed by atoms with Gasteiger partial charge in [-0.05, 0) is 201 Å². The molecule has 6 aliphatic carbocycles. The van der Waals surface area contributed by atoms with Crippen LogP contribution in [0.4, 0.5) is 20.2 Å². The lowest BCUT2D eigenvalue weighted by Gasteiger charge is -2.62. The number of hydrogen-bond acceptors (Lipinski definition) is 18. The third kappa shape index (κ3) is 15.6. The van der Waals surface area contributed by atoms with Gasteiger partial charge >= 0.3 is 19.1 Å². The maximum Gasteiger partial charge on any atom is 0.494 e. The number of aliphatic hydroxyl groups is 4. The second-order valence-electron chi connectivity index (χ2n) is 31.3. The number of rotatable bonds is 20. The Hall–Kier alpha value is -6.04. The fourth-order valence-corrected chi connectivity index (χ4v) is 17.4. The molecule has 13 rings (SSSR count). The maximum absolute atomic E-state index is 15.3. The molecule has 26 heteroatoms. The molecule has 22 nitrogen and oxygen atoms in total. The number of aliphatic hydroxyl groups excluding tert-OH is 4. The van der Waals surface area contributed by atoms with Gasteiger partial charge in [0, 0.05) is 80.2 Å². The third-order valence-electron chi connectivity index (χ3n) is 23.6. The first-order chi connectivity index (χ1) is 46.7. The second-order valence-corrected chi connectivity index (χ2v) is 32.1. The molecule has 0 spiro atoms. The maximum atomic E-state index is 15.3. The highest BCUT2D eigenvalue weighted by Crippen LogP contribution is 2.62. The molecular formula is C74H104BBrF2N6O16. The van der Waals surface area contributed by atoms with Crippen LogP contribution in [-0.4, -0.2) is 187 Å². The van der Waals surface area contributed by atoms with Crippen molar-refractivity contribution in [2.24, 2.45) is 58.2 Å². The van der Waals surface area contributed by atoms with Crippen molar-refractivity contribution in [2.75, 3.05) is 65.4 Å². The van der Waals surface area contributed by atoms with Crippen LogP contribution in [0.5, 0.6) is 11.5 Å². The van der Waals surface area contributed by atoms with Gasteiger partial charge in [-0.3, -0.25) is 19.3 Å². The molecule has 3 aliphatic heterocycles. The summed E-state index contributed by atoms with van der Waals surface area (Å²) in [7, 11) is 9.67. The Morgan fingerprint density at radius 2 is 1.03 bits per heavy atom. The molecule has 8 N–H and O–H groups in total. The predicted octanol–water partition coefficient (Wildman–Crippen LogP) is 8.93. The van der Waals surface area contributed by atoms with Crippen LogP contribution in [-0.2, 0) is 41.7 Å². The van der Waals surface area contributed by atoms with Crippen molar-refractivity contribution in [3.63, 3.8) is 0 Å². The van der Waals surface area contributed by atoms with E-state index in [2.05, 4.69) is 68.1 Å². The molecule has 4 bridgehead atoms. The lowest BCUT2D eigenvalue weighted by Crippen LogP contribution is -2.62. The van der Waals surface area contributed by atoms with Crippen molar-refractivity contribution in [2.45, 2.75) is 182 Å². The minimum atomic E-state index is -1.12. The number of halogens is 3. The standard InChI is InChI=1S/C34H46FN3O7.C25H36BrFN2O5.C15H22BNO4/c1-17-26-12-22(34(26,3)4)13-27(17)36-32(41)30-29(18(2)40)28(16-39)45-38(30)15-21-9-23(35)14-25(31(21)44-7)19-8-20(33(42)43)11-24(10-19)37(5)6;1-12-17-7-15(25(17,3)4)8-19(12)28-24(32)22-21(13(2)31)20(11-30)34-29(22)10-14-6-16(27)9-18(26)23(14)33-5;1-14(2)15(3,4)21-16(20-14)11-7-10(13(18)19)8-12(9-11)17(5)6/h8-11,14,17-18,22,26-30,39-40H,12-13,15-16H2,1-7H3,(H,36,41)(H,42,43);6,9,12-13,15,17,19-22,30-31H,7-8,10-11H2,1-5H3,(H,28,32);7-9H,1-6H3,(H,18,19)/t17-,18-,22+,26-,27-,28-,29+,30-;12-,13-,15+,17-,19-,20-,21+,22-;/m00./s1. The average Bonchev–Trinajstić information content (AvgIpc) is 1.01. The van der Waals surface area contributed by atoms with Gasteiger partial charge in [-0.15, -0.1) is 0 Å². The van der Waals surface area contributed by atoms with Crippen LogP contribution in [0.2, 0.25) is 0 Å². The summed E-state index contributed by atoms with van der Waals surface area (Å²) in [6.07, 6.45) is 0.684. The molecule has 4 aromatic carbocycles. The van der Waals surface area contributed by atoms with Gasteiger partial charge in [0.25, 0.3) is 0 Å². The van der Waals surface area contributed by atoms with E-state index in [0.29, 0.717) is 73.2 Å². The molecule has 6 saturated carbocycles. The molecule has 550 valence electrons. The summed E-state index contributed by atoms with van der Waals surface area (Å²) in [5.74, 6) is -1.52. The highest BCUT2D eigenvalue weighted by Gasteiger charge is 2.60. The number of carboxylic acids is 2. The number of benzene rings is 4. The van der Waals surface area contributed by atoms with E-state index in [-0.39, 0.29) is 71.8 Å². The summed E-state index contributed by atoms with van der Waals surface area (Å²) < 4.78 is 53.1. The Labute approximate surface area is 595 Å². The highest BCUT2D eigenvalue weighted by molar-refractivity contribution is 9.10. The molecule has 2 amide bonds. The van der Waals surface area contributed by atoms with Crippen molar-refractivity contribution in [1.82, 2.24) is 20.8 Å². The number of anilines is 2. The Kier molecular flexibility index (Phi) is 23.7. The lowest BCUT2D eigenvalue weighted by molar-refractivity contribution is -0.183. The Balaban J connectivity index is 0.000000187. The van der Waals surface area contributed by atoms with E-state index in [4.69, 9.17) is 28.5 Å². The molecule has 0 radical (unpaired) electrons. The van der Waals surface area contributed by atoms with Crippen molar-refractivity contribution >= 4 is 63.6 Å². The van der Waals surface area contributed by atoms with Gasteiger partial charge in [0.05, 0.1) is 79.5 Å². The zero-order chi connectivity index (χ0) is 73.9. The summed E-state index contributed by atoms with van der Waals surface area (Å²) in [6, 6.07) is 13.3. The normalized spacial score (nSPS) is 29.5. The minimum absolute atomic E-state index is 0.0262. The van der Waals surface area contributed by atoms with Crippen LogP contribution >= 0.6 is 15.9 Å². The molecule has 100 heavy (non-hydrogen) atoms. The number of aromatic carboxylic acids is 2. The smallest absolute Gasteiger partial charge is 0.494 e. The molecular weight excluding hydrogens is 1360 g/mol. The van der Waals surface area contributed by atoms with Crippen LogP contribution < -0.4 is 35.4 Å². The first-order valence-electron chi connectivity index (χ1n) is 34.6. The van der Waals surface area contributed by atoms with Gasteiger partial charge < -0.3 is 69.9 Å². The topological polar surface area (TPSA) is 282 Å². The van der Waals surface area contributed by atoms with Crippen molar-refractivity contribution < 1.29 is 87.1 Å². The first-order valence-corrected chi connectivity index (χ1v) is 35.4. The van der Waals surface area contributed by atoms with Gasteiger partial charge in [-0.25, -0.2) is 18.4 Å². The van der Waals surface area contributed by atoms with E-state index in [1.165, 1.54) is 67.2 Å². The third-order valence-corrected chi connectivity index (χ3v) is 24.2. The molecule has 4 aromatic rings. The van der Waals surface area contributed by atoms with Gasteiger partial charge in [0.1, 0.15) is 47.4 Å². The van der Waals surface area contributed by atoms with Crippen molar-refractivity contribution in [1.29, 1.82) is 0 Å². The zero-order valence-corrected chi connectivity index (χ0v) is 62.5. The van der Waals surface area contributed by atoms with Crippen LogP contribution in [0.3, 0.4) is 0 Å². The second kappa shape index (κ2) is 30.3. The lowest BCUT2D eigenvalue weighted by atomic mass is 9.45. The summed E-state index contributed by atoms with van der Waals surface area (Å²) >= 11 is 3.32. The van der Waals surface area contributed by atoms with E-state index in [1.54, 1.807) is 51.0 Å². The number of hydrogen-bond donors (Lipinski definition) is 8. The van der Waals surface area contributed by atoms with Crippen molar-refractivity contribution in [3.05, 3.63) is 99.0 Å². The number of hydroxylamine groups is 4. The number of carboxylic acid groups (broad SMARTS) is 2. The number of methoxy groups -OCH3 is 2. The largest absolute Gasteiger partial charge is 0.496 e. The Bertz CT molecular complexity index is 3640.